The predicted octanol–water partition coefficient (Wildman–Crippen LogP) is 4.54. The molecule has 2 unspecified atom stereocenters. The number of benzene rings is 4. The topological polar surface area (TPSA) is 87.5 Å². The predicted molar refractivity (Wildman–Crippen MR) is 158 cm³/mol. The second kappa shape index (κ2) is 12.9. The van der Waals surface area contributed by atoms with Crippen LogP contribution in [0.25, 0.3) is 21.5 Å². The van der Waals surface area contributed by atoms with Crippen LogP contribution in [0.15, 0.2) is 84.9 Å². The van der Waals surface area contributed by atoms with Crippen LogP contribution in [0.5, 0.6) is 0 Å². The van der Waals surface area contributed by atoms with Gasteiger partial charge in [0, 0.05) is 25.7 Å². The van der Waals surface area contributed by atoms with Crippen LogP contribution in [0, 0.1) is 0 Å². The van der Waals surface area contributed by atoms with Crippen LogP contribution in [0.2, 0.25) is 0 Å². The van der Waals surface area contributed by atoms with E-state index < -0.39 is 0 Å². The first kappa shape index (κ1) is 26.9. The van der Waals surface area contributed by atoms with Gasteiger partial charge in [-0.25, -0.2) is 0 Å². The molecule has 1 fully saturated rings. The van der Waals surface area contributed by atoms with Crippen molar-refractivity contribution >= 4 is 33.4 Å². The minimum Gasteiger partial charge on any atom is -0.354 e. The van der Waals surface area contributed by atoms with Gasteiger partial charge in [0.15, 0.2) is 0 Å². The van der Waals surface area contributed by atoms with Gasteiger partial charge >= 0.3 is 0 Å². The first-order valence-corrected chi connectivity index (χ1v) is 14.1. The van der Waals surface area contributed by atoms with Crippen molar-refractivity contribution in [3.8, 4) is 0 Å². The average Bonchev–Trinajstić information content (AvgIpc) is 3.10. The van der Waals surface area contributed by atoms with Crippen molar-refractivity contribution < 1.29 is 9.59 Å². The zero-order valence-electron chi connectivity index (χ0n) is 22.4. The number of fused-ring (bicyclic) bond motifs is 2. The molecular weight excluding hydrogens is 484 g/mol. The molecule has 0 spiro atoms. The summed E-state index contributed by atoms with van der Waals surface area (Å²) >= 11 is 0. The Morgan fingerprint density at radius 2 is 1.69 bits per heavy atom. The van der Waals surface area contributed by atoms with Crippen LogP contribution < -0.4 is 16.4 Å². The van der Waals surface area contributed by atoms with Gasteiger partial charge in [0.1, 0.15) is 0 Å². The molecule has 4 N–H and O–H groups in total. The van der Waals surface area contributed by atoms with Crippen LogP contribution in [0.3, 0.4) is 0 Å². The fraction of sp³-hybridized carbons (Fsp3) is 0.333. The second-order valence-electron chi connectivity index (χ2n) is 10.5. The number of unbranched alkanes of at least 4 members (excludes halogenated alkanes) is 1. The quantitative estimate of drug-likeness (QED) is 0.267. The van der Waals surface area contributed by atoms with Crippen molar-refractivity contribution in [3.63, 3.8) is 0 Å². The van der Waals surface area contributed by atoms with Crippen molar-refractivity contribution in [1.29, 1.82) is 0 Å². The summed E-state index contributed by atoms with van der Waals surface area (Å²) < 4.78 is 0. The molecule has 1 saturated heterocycles. The lowest BCUT2D eigenvalue weighted by Gasteiger charge is -2.25. The Morgan fingerprint density at radius 1 is 0.923 bits per heavy atom. The van der Waals surface area contributed by atoms with Crippen molar-refractivity contribution in [3.05, 3.63) is 96.1 Å². The summed E-state index contributed by atoms with van der Waals surface area (Å²) in [5.74, 6) is 0.126. The van der Waals surface area contributed by atoms with E-state index in [9.17, 15) is 9.59 Å². The number of nitrogens with two attached hydrogens (primary N) is 1. The van der Waals surface area contributed by atoms with Crippen molar-refractivity contribution in [1.82, 2.24) is 15.5 Å². The van der Waals surface area contributed by atoms with Crippen molar-refractivity contribution in [2.75, 3.05) is 19.6 Å². The molecule has 0 aromatic heterocycles. The number of amides is 2. The lowest BCUT2D eigenvalue weighted by atomic mass is 10.0. The lowest BCUT2D eigenvalue weighted by molar-refractivity contribution is -0.133. The van der Waals surface area contributed by atoms with Crippen LogP contribution >= 0.6 is 0 Å². The van der Waals surface area contributed by atoms with Crippen LogP contribution in [-0.4, -0.2) is 48.4 Å². The molecule has 39 heavy (non-hydrogen) atoms. The number of hydrogen-bond donors (Lipinski definition) is 3. The molecule has 0 saturated carbocycles. The molecule has 0 aliphatic carbocycles. The smallest absolute Gasteiger partial charge is 0.240 e. The lowest BCUT2D eigenvalue weighted by Crippen LogP contribution is -2.48. The first-order chi connectivity index (χ1) is 19.1. The molecular formula is C33H38N4O2. The van der Waals surface area contributed by atoms with Crippen molar-refractivity contribution in [2.45, 2.75) is 50.7 Å². The molecule has 2 atom stereocenters. The number of nitrogens with one attached hydrogen (secondary N) is 2. The largest absolute Gasteiger partial charge is 0.354 e. The minimum atomic E-state index is -0.278. The molecule has 0 radical (unpaired) electrons. The van der Waals surface area contributed by atoms with Crippen LogP contribution in [0.4, 0.5) is 0 Å². The second-order valence-corrected chi connectivity index (χ2v) is 10.5. The highest BCUT2D eigenvalue weighted by Crippen LogP contribution is 2.21. The number of rotatable bonds is 10. The third-order valence-corrected chi connectivity index (χ3v) is 7.70. The van der Waals surface area contributed by atoms with Gasteiger partial charge < -0.3 is 21.3 Å². The molecule has 1 aliphatic heterocycles. The average molecular weight is 523 g/mol. The van der Waals surface area contributed by atoms with Gasteiger partial charge in [-0.1, -0.05) is 85.3 Å². The summed E-state index contributed by atoms with van der Waals surface area (Å²) in [4.78, 5) is 28.5. The summed E-state index contributed by atoms with van der Waals surface area (Å²) in [5, 5.41) is 11.3. The zero-order valence-corrected chi connectivity index (χ0v) is 22.4. The molecule has 0 bridgehead atoms. The number of nitrogens with zero attached hydrogens (tertiary/aromatic N) is 1. The van der Waals surface area contributed by atoms with E-state index in [-0.39, 0.29) is 23.9 Å². The SMILES string of the molecule is NCCCCC1NC(CNC(=O)Cc2cccc3ccccc23)CCN(Cc2ccc3ccccc3c2)C1=O. The third kappa shape index (κ3) is 6.83. The Hall–Kier alpha value is -3.74. The number of hydrogen-bond acceptors (Lipinski definition) is 4. The normalized spacial score (nSPS) is 17.9. The van der Waals surface area contributed by atoms with Gasteiger partial charge in [0.05, 0.1) is 12.5 Å². The minimum absolute atomic E-state index is 0.00331. The van der Waals surface area contributed by atoms with Gasteiger partial charge in [-0.2, -0.15) is 0 Å². The molecule has 202 valence electrons. The maximum atomic E-state index is 13.6. The highest BCUT2D eigenvalue weighted by atomic mass is 16.2. The fourth-order valence-electron chi connectivity index (χ4n) is 5.58. The molecule has 6 nitrogen and oxygen atoms in total. The number of carbonyl (C=O) groups is 2. The van der Waals surface area contributed by atoms with E-state index in [2.05, 4.69) is 59.2 Å². The van der Waals surface area contributed by atoms with E-state index in [1.165, 1.54) is 10.8 Å². The van der Waals surface area contributed by atoms with Crippen LogP contribution in [-0.2, 0) is 22.6 Å². The van der Waals surface area contributed by atoms with Crippen LogP contribution in [0.1, 0.15) is 36.8 Å². The van der Waals surface area contributed by atoms with Gasteiger partial charge in [0.2, 0.25) is 11.8 Å². The Bertz CT molecular complexity index is 1430. The maximum absolute atomic E-state index is 13.6. The fourth-order valence-corrected chi connectivity index (χ4v) is 5.58. The Balaban J connectivity index is 1.24. The van der Waals surface area contributed by atoms with Crippen molar-refractivity contribution in [2.24, 2.45) is 5.73 Å². The van der Waals surface area contributed by atoms with Gasteiger partial charge in [0.25, 0.3) is 0 Å². The van der Waals surface area contributed by atoms with E-state index in [0.29, 0.717) is 32.6 Å². The Kier molecular flexibility index (Phi) is 8.86. The highest BCUT2D eigenvalue weighted by molar-refractivity contribution is 5.90. The molecule has 5 rings (SSSR count). The first-order valence-electron chi connectivity index (χ1n) is 14.1. The monoisotopic (exact) mass is 522 g/mol. The molecule has 1 heterocycles. The van der Waals surface area contributed by atoms with E-state index >= 15 is 0 Å². The van der Waals surface area contributed by atoms with E-state index in [1.54, 1.807) is 0 Å². The molecule has 2 amide bonds. The summed E-state index contributed by atoms with van der Waals surface area (Å²) in [6.45, 7) is 2.35. The van der Waals surface area contributed by atoms with Gasteiger partial charge in [-0.15, -0.1) is 0 Å². The molecule has 6 heteroatoms. The molecule has 1 aliphatic rings. The maximum Gasteiger partial charge on any atom is 0.240 e. The summed E-state index contributed by atoms with van der Waals surface area (Å²) in [6, 6.07) is 28.7. The molecule has 4 aromatic rings. The summed E-state index contributed by atoms with van der Waals surface area (Å²) in [5.41, 5.74) is 7.88. The third-order valence-electron chi connectivity index (χ3n) is 7.70. The van der Waals surface area contributed by atoms with E-state index in [1.807, 2.05) is 41.3 Å². The standard InChI is InChI=1S/C33H38N4O2/c34-18-6-5-14-31-33(39)37(23-24-15-16-25-8-1-2-10-27(25)20-24)19-17-29(36-31)22-35-32(38)21-28-12-7-11-26-9-3-4-13-30(26)28/h1-4,7-13,15-16,20,29,31,36H,5-6,14,17-19,21-23,34H2,(H,35,38). The zero-order chi connectivity index (χ0) is 27.0. The summed E-state index contributed by atoms with van der Waals surface area (Å²) in [7, 11) is 0. The summed E-state index contributed by atoms with van der Waals surface area (Å²) in [6.07, 6.45) is 3.64. The number of carbonyl (C=O) groups excluding carboxylic acids is 2. The van der Waals surface area contributed by atoms with E-state index in [0.717, 1.165) is 47.6 Å². The van der Waals surface area contributed by atoms with Gasteiger partial charge in [-0.05, 0) is 64.5 Å². The Labute approximate surface area is 230 Å². The Morgan fingerprint density at radius 3 is 2.54 bits per heavy atom. The van der Waals surface area contributed by atoms with Gasteiger partial charge in [-0.3, -0.25) is 9.59 Å². The molecule has 4 aromatic carbocycles. The van der Waals surface area contributed by atoms with E-state index in [4.69, 9.17) is 5.73 Å². The highest BCUT2D eigenvalue weighted by Gasteiger charge is 2.30.